The Morgan fingerprint density at radius 1 is 1.12 bits per heavy atom. The molecule has 8 nitrogen and oxygen atoms in total. The molecular weight excluding hydrogens is 540 g/mol. The van der Waals surface area contributed by atoms with Gasteiger partial charge < -0.3 is 26.0 Å². The van der Waals surface area contributed by atoms with Gasteiger partial charge in [-0.3, -0.25) is 14.6 Å². The van der Waals surface area contributed by atoms with Crippen LogP contribution in [0.1, 0.15) is 34.5 Å². The molecule has 1 aliphatic heterocycles. The Balaban J connectivity index is 0.00000385. The molecule has 10 heteroatoms. The molecule has 2 aromatic carbocycles. The van der Waals surface area contributed by atoms with E-state index in [4.69, 9.17) is 10.5 Å². The van der Waals surface area contributed by atoms with Crippen LogP contribution in [-0.2, 0) is 16.1 Å². The van der Waals surface area contributed by atoms with Crippen molar-refractivity contribution < 1.29 is 18.7 Å². The number of carbonyl (C=O) groups excluding carboxylic acids is 2. The molecule has 1 saturated heterocycles. The molecule has 2 amide bonds. The van der Waals surface area contributed by atoms with Crippen LogP contribution in [0.15, 0.2) is 53.5 Å². The number of amides is 2. The van der Waals surface area contributed by atoms with Crippen molar-refractivity contribution in [1.82, 2.24) is 15.5 Å². The van der Waals surface area contributed by atoms with Gasteiger partial charge in [-0.05, 0) is 42.3 Å². The van der Waals surface area contributed by atoms with Crippen LogP contribution in [0.2, 0.25) is 0 Å². The first-order valence-electron chi connectivity index (χ1n) is 10.4. The SMILES string of the molecule is CN=C(NCc1ccc(C(=O)NCC(N)=O)cc1)N1CC(C)OC(c2ccc(F)cc2)C1.I. The van der Waals surface area contributed by atoms with E-state index in [0.717, 1.165) is 17.1 Å². The number of rotatable bonds is 6. The summed E-state index contributed by atoms with van der Waals surface area (Å²) in [6.45, 7) is 3.58. The summed E-state index contributed by atoms with van der Waals surface area (Å²) in [5.74, 6) is -0.489. The van der Waals surface area contributed by atoms with Crippen LogP contribution < -0.4 is 16.4 Å². The maximum atomic E-state index is 13.3. The average molecular weight is 569 g/mol. The number of primary amides is 1. The molecule has 33 heavy (non-hydrogen) atoms. The number of guanidine groups is 1. The quantitative estimate of drug-likeness (QED) is 0.281. The van der Waals surface area contributed by atoms with Gasteiger partial charge >= 0.3 is 0 Å². The van der Waals surface area contributed by atoms with Gasteiger partial charge in [0.15, 0.2) is 5.96 Å². The molecule has 0 aliphatic carbocycles. The topological polar surface area (TPSA) is 109 Å². The molecule has 4 N–H and O–H groups in total. The van der Waals surface area contributed by atoms with Gasteiger partial charge in [-0.2, -0.15) is 0 Å². The highest BCUT2D eigenvalue weighted by Gasteiger charge is 2.28. The number of nitrogens with one attached hydrogen (secondary N) is 2. The molecule has 0 radical (unpaired) electrons. The number of halogens is 2. The number of hydrogen-bond donors (Lipinski definition) is 3. The van der Waals surface area contributed by atoms with Crippen LogP contribution in [-0.4, -0.2) is 55.5 Å². The molecule has 1 heterocycles. The molecule has 3 rings (SSSR count). The fourth-order valence-electron chi connectivity index (χ4n) is 3.54. The van der Waals surface area contributed by atoms with Gasteiger partial charge in [-0.25, -0.2) is 4.39 Å². The Morgan fingerprint density at radius 2 is 1.79 bits per heavy atom. The number of nitrogens with zero attached hydrogens (tertiary/aromatic N) is 2. The standard InChI is InChI=1S/C23H28FN5O3.HI/c1-15-13-29(14-20(32-15)17-7-9-19(24)10-8-17)23(26-2)28-11-16-3-5-18(6-4-16)22(31)27-12-21(25)30;/h3-10,15,20H,11-14H2,1-2H3,(H2,25,30)(H,26,28)(H,27,31);1H. The summed E-state index contributed by atoms with van der Waals surface area (Å²) in [5.41, 5.74) is 7.38. The van der Waals surface area contributed by atoms with Gasteiger partial charge in [0.1, 0.15) is 11.9 Å². The van der Waals surface area contributed by atoms with Crippen molar-refractivity contribution in [2.45, 2.75) is 25.7 Å². The van der Waals surface area contributed by atoms with Crippen LogP contribution in [0.4, 0.5) is 4.39 Å². The van der Waals surface area contributed by atoms with Crippen molar-refractivity contribution in [2.75, 3.05) is 26.7 Å². The van der Waals surface area contributed by atoms with Crippen molar-refractivity contribution in [2.24, 2.45) is 10.7 Å². The largest absolute Gasteiger partial charge is 0.368 e. The Kier molecular flexibility index (Phi) is 10.0. The molecular formula is C23H29FIN5O3. The van der Waals surface area contributed by atoms with E-state index in [9.17, 15) is 14.0 Å². The van der Waals surface area contributed by atoms with Crippen molar-refractivity contribution in [3.63, 3.8) is 0 Å². The average Bonchev–Trinajstić information content (AvgIpc) is 2.78. The Morgan fingerprint density at radius 3 is 2.39 bits per heavy atom. The maximum Gasteiger partial charge on any atom is 0.251 e. The predicted molar refractivity (Wildman–Crippen MR) is 135 cm³/mol. The summed E-state index contributed by atoms with van der Waals surface area (Å²) >= 11 is 0. The van der Waals surface area contributed by atoms with E-state index in [0.29, 0.717) is 25.2 Å². The molecule has 2 atom stereocenters. The number of hydrogen-bond acceptors (Lipinski definition) is 4. The number of ether oxygens (including phenoxy) is 1. The third-order valence-electron chi connectivity index (χ3n) is 5.10. The lowest BCUT2D eigenvalue weighted by atomic mass is 10.1. The summed E-state index contributed by atoms with van der Waals surface area (Å²) in [6.07, 6.45) is -0.202. The molecule has 1 aliphatic rings. The predicted octanol–water partition coefficient (Wildman–Crippen LogP) is 2.20. The zero-order chi connectivity index (χ0) is 23.1. The van der Waals surface area contributed by atoms with E-state index >= 15 is 0 Å². The van der Waals surface area contributed by atoms with E-state index in [1.54, 1.807) is 31.3 Å². The molecule has 0 spiro atoms. The first kappa shape index (κ1) is 26.5. The Hall–Kier alpha value is -2.73. The summed E-state index contributed by atoms with van der Waals surface area (Å²) in [7, 11) is 1.72. The zero-order valence-corrected chi connectivity index (χ0v) is 20.9. The van der Waals surface area contributed by atoms with Crippen LogP contribution in [0, 0.1) is 5.82 Å². The van der Waals surface area contributed by atoms with E-state index in [2.05, 4.69) is 20.5 Å². The smallest absolute Gasteiger partial charge is 0.251 e. The van der Waals surface area contributed by atoms with E-state index in [1.807, 2.05) is 19.1 Å². The van der Waals surface area contributed by atoms with Crippen molar-refractivity contribution in [3.8, 4) is 0 Å². The summed E-state index contributed by atoms with van der Waals surface area (Å²) in [4.78, 5) is 29.3. The van der Waals surface area contributed by atoms with Crippen molar-refractivity contribution in [3.05, 3.63) is 71.0 Å². The molecule has 2 unspecified atom stereocenters. The highest BCUT2D eigenvalue weighted by atomic mass is 127. The minimum absolute atomic E-state index is 0. The highest BCUT2D eigenvalue weighted by Crippen LogP contribution is 2.25. The normalized spacial score (nSPS) is 18.3. The number of aliphatic imine (C=N–C) groups is 1. The second-order valence-corrected chi connectivity index (χ2v) is 7.64. The van der Waals surface area contributed by atoms with Crippen LogP contribution >= 0.6 is 24.0 Å². The molecule has 0 bridgehead atoms. The third-order valence-corrected chi connectivity index (χ3v) is 5.10. The van der Waals surface area contributed by atoms with Gasteiger partial charge in [-0.15, -0.1) is 24.0 Å². The first-order valence-corrected chi connectivity index (χ1v) is 10.4. The first-order chi connectivity index (χ1) is 15.4. The minimum Gasteiger partial charge on any atom is -0.368 e. The second-order valence-electron chi connectivity index (χ2n) is 7.64. The van der Waals surface area contributed by atoms with Crippen LogP contribution in [0.5, 0.6) is 0 Å². The molecule has 0 saturated carbocycles. The molecule has 1 fully saturated rings. The minimum atomic E-state index is -0.593. The van der Waals surface area contributed by atoms with Gasteiger partial charge in [0, 0.05) is 25.7 Å². The summed E-state index contributed by atoms with van der Waals surface area (Å²) in [5, 5.41) is 5.80. The van der Waals surface area contributed by atoms with Crippen molar-refractivity contribution >= 4 is 41.8 Å². The van der Waals surface area contributed by atoms with Crippen molar-refractivity contribution in [1.29, 1.82) is 0 Å². The van der Waals surface area contributed by atoms with E-state index < -0.39 is 5.91 Å². The van der Waals surface area contributed by atoms with Gasteiger partial charge in [-0.1, -0.05) is 24.3 Å². The van der Waals surface area contributed by atoms with E-state index in [1.165, 1.54) is 12.1 Å². The van der Waals surface area contributed by atoms with Crippen LogP contribution in [0.3, 0.4) is 0 Å². The zero-order valence-electron chi connectivity index (χ0n) is 18.6. The summed E-state index contributed by atoms with van der Waals surface area (Å²) < 4.78 is 19.3. The molecule has 178 valence electrons. The lowest BCUT2D eigenvalue weighted by molar-refractivity contribution is -0.117. The molecule has 0 aromatic heterocycles. The second kappa shape index (κ2) is 12.5. The molecule has 2 aromatic rings. The monoisotopic (exact) mass is 569 g/mol. The highest BCUT2D eigenvalue weighted by molar-refractivity contribution is 14.0. The summed E-state index contributed by atoms with van der Waals surface area (Å²) in [6, 6.07) is 13.4. The number of carbonyl (C=O) groups is 2. The van der Waals surface area contributed by atoms with Crippen LogP contribution in [0.25, 0.3) is 0 Å². The fourth-order valence-corrected chi connectivity index (χ4v) is 3.54. The Labute approximate surface area is 209 Å². The third kappa shape index (κ3) is 7.67. The fraction of sp³-hybridized carbons (Fsp3) is 0.348. The maximum absolute atomic E-state index is 13.3. The van der Waals surface area contributed by atoms with Gasteiger partial charge in [0.05, 0.1) is 19.2 Å². The number of morpholine rings is 1. The number of benzene rings is 2. The van der Waals surface area contributed by atoms with Gasteiger partial charge in [0.25, 0.3) is 5.91 Å². The lowest BCUT2D eigenvalue weighted by Gasteiger charge is -2.38. The van der Waals surface area contributed by atoms with E-state index in [-0.39, 0.29) is 54.5 Å². The Bertz CT molecular complexity index is 969. The van der Waals surface area contributed by atoms with Gasteiger partial charge in [0.2, 0.25) is 5.91 Å². The number of nitrogens with two attached hydrogens (primary N) is 1. The lowest BCUT2D eigenvalue weighted by Crippen LogP contribution is -2.50.